The Balaban J connectivity index is 1.06. The van der Waals surface area contributed by atoms with E-state index in [-0.39, 0.29) is 30.1 Å². The summed E-state index contributed by atoms with van der Waals surface area (Å²) in [5.74, 6) is -7.47. The highest BCUT2D eigenvalue weighted by atomic mass is 16.7. The van der Waals surface area contributed by atoms with Crippen LogP contribution in [0.3, 0.4) is 0 Å². The Labute approximate surface area is 223 Å². The normalized spacial score (nSPS) is 35.7. The maximum absolute atomic E-state index is 13.3. The fraction of sp³-hybridized carbons (Fsp3) is 0.448. The molecule has 0 radical (unpaired) electrons. The summed E-state index contributed by atoms with van der Waals surface area (Å²) in [7, 11) is 0. The van der Waals surface area contributed by atoms with E-state index in [1.807, 2.05) is 24.3 Å². The number of rotatable bonds is 7. The lowest BCUT2D eigenvalue weighted by atomic mass is 9.85. The zero-order chi connectivity index (χ0) is 27.0. The van der Waals surface area contributed by atoms with Crippen molar-refractivity contribution in [2.45, 2.75) is 25.7 Å². The molecule has 2 saturated heterocycles. The zero-order valence-electron chi connectivity index (χ0n) is 20.9. The summed E-state index contributed by atoms with van der Waals surface area (Å²) in [4.78, 5) is 88.6. The lowest BCUT2D eigenvalue weighted by Crippen LogP contribution is -2.39. The first-order chi connectivity index (χ1) is 18.8. The van der Waals surface area contributed by atoms with E-state index in [0.717, 1.165) is 18.4 Å². The Bertz CT molecular complexity index is 1310. The lowest BCUT2D eigenvalue weighted by Gasteiger charge is -2.21. The van der Waals surface area contributed by atoms with Crippen LogP contribution in [0.4, 0.5) is 0 Å². The second-order valence-corrected chi connectivity index (χ2v) is 11.4. The summed E-state index contributed by atoms with van der Waals surface area (Å²) >= 11 is 0. The molecule has 4 fully saturated rings. The first kappa shape index (κ1) is 24.0. The van der Waals surface area contributed by atoms with Crippen LogP contribution in [0.5, 0.6) is 0 Å². The molecule has 0 spiro atoms. The van der Waals surface area contributed by atoms with Crippen molar-refractivity contribution in [1.29, 1.82) is 0 Å². The summed E-state index contributed by atoms with van der Waals surface area (Å²) in [5.41, 5.74) is 0.718. The number of carbonyl (C=O) groups is 6. The van der Waals surface area contributed by atoms with E-state index in [4.69, 9.17) is 9.68 Å². The number of carbonyl (C=O) groups excluding carboxylic acids is 6. The molecular formula is C29H26N2O8. The number of amides is 4. The number of fused-ring (bicyclic) bond motifs is 10. The quantitative estimate of drug-likeness (QED) is 0.386. The van der Waals surface area contributed by atoms with E-state index < -0.39 is 71.6 Å². The number of nitrogens with zero attached hydrogens (tertiary/aromatic N) is 2. The molecule has 8 unspecified atom stereocenters. The van der Waals surface area contributed by atoms with E-state index in [2.05, 4.69) is 0 Å². The maximum atomic E-state index is 13.3. The average molecular weight is 531 g/mol. The van der Waals surface area contributed by atoms with Crippen molar-refractivity contribution in [2.24, 2.45) is 53.3 Å². The lowest BCUT2D eigenvalue weighted by molar-refractivity contribution is -0.206. The predicted molar refractivity (Wildman–Crippen MR) is 130 cm³/mol. The summed E-state index contributed by atoms with van der Waals surface area (Å²) in [6, 6.07) is 8.88. The van der Waals surface area contributed by atoms with Gasteiger partial charge >= 0.3 is 11.9 Å². The van der Waals surface area contributed by atoms with E-state index in [0.29, 0.717) is 10.1 Å². The molecule has 4 amide bonds. The minimum atomic E-state index is -1.12. The largest absolute Gasteiger partial charge is 0.337 e. The maximum Gasteiger partial charge on any atom is 0.337 e. The molecule has 200 valence electrons. The molecule has 0 aromatic heterocycles. The standard InChI is InChI=1S/C29H26N2O8/c32-20(38-30-25(33)21-15-6-7-16(11-15)22(21)26(30)34)13-19(10-14-4-2-1-3-5-14)29(37)39-31-27(35)23-17-8-9-18(12-17)24(23)28(31)36/h1-9,15-19,21-24H,10-13H2/t15?,16?,17?,18?,19-,21?,22?,23?,24?/m0/s1. The fourth-order valence-corrected chi connectivity index (χ4v) is 7.57. The van der Waals surface area contributed by atoms with Crippen molar-refractivity contribution >= 4 is 35.6 Å². The van der Waals surface area contributed by atoms with Gasteiger partial charge in [0.15, 0.2) is 0 Å². The van der Waals surface area contributed by atoms with Crippen LogP contribution >= 0.6 is 0 Å². The summed E-state index contributed by atoms with van der Waals surface area (Å²) in [6.45, 7) is 0. The van der Waals surface area contributed by atoms with E-state index in [1.54, 1.807) is 30.3 Å². The first-order valence-electron chi connectivity index (χ1n) is 13.4. The van der Waals surface area contributed by atoms with Gasteiger partial charge in [0.2, 0.25) is 0 Å². The van der Waals surface area contributed by atoms with Crippen LogP contribution in [0, 0.1) is 53.3 Å². The predicted octanol–water partition coefficient (Wildman–Crippen LogP) is 1.77. The molecule has 4 bridgehead atoms. The molecule has 39 heavy (non-hydrogen) atoms. The molecule has 9 atom stereocenters. The van der Waals surface area contributed by atoms with Crippen molar-refractivity contribution in [3.05, 3.63) is 60.2 Å². The van der Waals surface area contributed by atoms with Gasteiger partial charge in [-0.15, -0.1) is 10.1 Å². The molecule has 2 heterocycles. The van der Waals surface area contributed by atoms with Gasteiger partial charge in [-0.1, -0.05) is 54.6 Å². The van der Waals surface area contributed by atoms with Gasteiger partial charge in [-0.25, -0.2) is 9.59 Å². The number of hydrogen-bond acceptors (Lipinski definition) is 8. The molecule has 1 aromatic carbocycles. The number of hydrogen-bond donors (Lipinski definition) is 0. The Morgan fingerprint density at radius 3 is 1.59 bits per heavy atom. The van der Waals surface area contributed by atoms with Crippen molar-refractivity contribution in [2.75, 3.05) is 0 Å². The van der Waals surface area contributed by atoms with Crippen molar-refractivity contribution < 1.29 is 38.4 Å². The minimum Gasteiger partial charge on any atom is -0.330 e. The Hall–Kier alpha value is -4.08. The fourth-order valence-electron chi connectivity index (χ4n) is 7.57. The third-order valence-corrected chi connectivity index (χ3v) is 9.31. The third kappa shape index (κ3) is 3.60. The third-order valence-electron chi connectivity index (χ3n) is 9.31. The van der Waals surface area contributed by atoms with Gasteiger partial charge in [-0.2, -0.15) is 0 Å². The van der Waals surface area contributed by atoms with Crippen LogP contribution in [-0.2, 0) is 44.9 Å². The van der Waals surface area contributed by atoms with Gasteiger partial charge in [0.1, 0.15) is 0 Å². The molecule has 6 aliphatic rings. The first-order valence-corrected chi connectivity index (χ1v) is 13.4. The highest BCUT2D eigenvalue weighted by Crippen LogP contribution is 2.53. The molecule has 10 nitrogen and oxygen atoms in total. The number of imide groups is 2. The van der Waals surface area contributed by atoms with Gasteiger partial charge in [-0.05, 0) is 48.5 Å². The van der Waals surface area contributed by atoms with E-state index >= 15 is 0 Å². The summed E-state index contributed by atoms with van der Waals surface area (Å²) < 4.78 is 0. The van der Waals surface area contributed by atoms with Gasteiger partial charge in [-0.3, -0.25) is 19.2 Å². The minimum absolute atomic E-state index is 0.0403. The monoisotopic (exact) mass is 530 g/mol. The van der Waals surface area contributed by atoms with Crippen molar-refractivity contribution in [1.82, 2.24) is 10.1 Å². The van der Waals surface area contributed by atoms with Crippen molar-refractivity contribution in [3.63, 3.8) is 0 Å². The topological polar surface area (TPSA) is 127 Å². The molecule has 2 aliphatic heterocycles. The number of allylic oxidation sites excluding steroid dienone is 4. The molecule has 4 aliphatic carbocycles. The molecule has 1 aromatic rings. The summed E-state index contributed by atoms with van der Waals surface area (Å²) in [5, 5.41) is 1.11. The van der Waals surface area contributed by atoms with Crippen LogP contribution in [0.1, 0.15) is 24.8 Å². The smallest absolute Gasteiger partial charge is 0.330 e. The van der Waals surface area contributed by atoms with Gasteiger partial charge in [0.25, 0.3) is 23.6 Å². The second kappa shape index (κ2) is 8.72. The molecule has 10 heteroatoms. The molecule has 7 rings (SSSR count). The summed E-state index contributed by atoms with van der Waals surface area (Å²) in [6.07, 6.45) is 8.78. The molecule has 0 N–H and O–H groups in total. The van der Waals surface area contributed by atoms with Gasteiger partial charge in [0, 0.05) is 0 Å². The molecule has 2 saturated carbocycles. The van der Waals surface area contributed by atoms with Gasteiger partial charge < -0.3 is 9.68 Å². The Kier molecular flexibility index (Phi) is 5.37. The highest BCUT2D eigenvalue weighted by molar-refractivity contribution is 6.07. The Morgan fingerprint density at radius 2 is 1.13 bits per heavy atom. The van der Waals surface area contributed by atoms with E-state index in [9.17, 15) is 28.8 Å². The van der Waals surface area contributed by atoms with Gasteiger partial charge in [0.05, 0.1) is 36.0 Å². The van der Waals surface area contributed by atoms with Crippen LogP contribution in [0.2, 0.25) is 0 Å². The van der Waals surface area contributed by atoms with Crippen molar-refractivity contribution in [3.8, 4) is 0 Å². The number of benzene rings is 1. The molecular weight excluding hydrogens is 504 g/mol. The van der Waals surface area contributed by atoms with Crippen LogP contribution < -0.4 is 0 Å². The Morgan fingerprint density at radius 1 is 0.692 bits per heavy atom. The van der Waals surface area contributed by atoms with Crippen LogP contribution in [0.25, 0.3) is 0 Å². The average Bonchev–Trinajstić information content (AvgIpc) is 3.77. The SMILES string of the molecule is O=C(C[C@H](Cc1ccccc1)C(=O)ON1C(=O)C2C3C=CC(C3)C2C1=O)ON1C(=O)C2C3C=CC(C3)C2C1=O. The zero-order valence-corrected chi connectivity index (χ0v) is 20.9. The number of hydroxylamine groups is 4. The highest BCUT2D eigenvalue weighted by Gasteiger charge is 2.62. The van der Waals surface area contributed by atoms with Crippen LogP contribution in [-0.4, -0.2) is 45.7 Å². The van der Waals surface area contributed by atoms with Crippen LogP contribution in [0.15, 0.2) is 54.6 Å². The second-order valence-electron chi connectivity index (χ2n) is 11.4. The van der Waals surface area contributed by atoms with E-state index in [1.165, 1.54) is 0 Å².